The predicted octanol–water partition coefficient (Wildman–Crippen LogP) is 1.72. The topological polar surface area (TPSA) is 68.8 Å². The van der Waals surface area contributed by atoms with Gasteiger partial charge in [-0.15, -0.1) is 10.2 Å². The maximum absolute atomic E-state index is 4.69. The fourth-order valence-electron chi connectivity index (χ4n) is 2.54. The number of benzene rings is 1. The highest BCUT2D eigenvalue weighted by molar-refractivity contribution is 6.13. The van der Waals surface area contributed by atoms with Crippen LogP contribution in [-0.4, -0.2) is 30.4 Å². The van der Waals surface area contributed by atoms with Crippen molar-refractivity contribution in [1.82, 2.24) is 24.7 Å². The summed E-state index contributed by atoms with van der Waals surface area (Å²) in [7, 11) is 0. The van der Waals surface area contributed by atoms with Crippen LogP contribution in [0.15, 0.2) is 47.8 Å². The maximum Gasteiger partial charge on any atom is 0.159 e. The molecule has 0 radical (unpaired) electrons. The molecular formula is C15H12N6. The van der Waals surface area contributed by atoms with Crippen LogP contribution in [0.25, 0.3) is 5.69 Å². The van der Waals surface area contributed by atoms with Crippen molar-refractivity contribution in [1.29, 1.82) is 0 Å². The van der Waals surface area contributed by atoms with Crippen molar-refractivity contribution in [3.05, 3.63) is 65.8 Å². The van der Waals surface area contributed by atoms with Gasteiger partial charge in [0.2, 0.25) is 0 Å². The van der Waals surface area contributed by atoms with Crippen molar-refractivity contribution in [2.75, 3.05) is 0 Å². The van der Waals surface area contributed by atoms with Crippen LogP contribution in [0.2, 0.25) is 0 Å². The molecule has 0 N–H and O–H groups in total. The Kier molecular flexibility index (Phi) is 2.60. The molecule has 3 aromatic rings. The van der Waals surface area contributed by atoms with Crippen molar-refractivity contribution >= 4 is 5.71 Å². The summed E-state index contributed by atoms with van der Waals surface area (Å²) in [6, 6.07) is 10.0. The highest BCUT2D eigenvalue weighted by Crippen LogP contribution is 2.22. The van der Waals surface area contributed by atoms with Gasteiger partial charge in [0.05, 0.1) is 17.6 Å². The molecule has 4 rings (SSSR count). The molecule has 0 fully saturated rings. The van der Waals surface area contributed by atoms with Gasteiger partial charge < -0.3 is 0 Å². The monoisotopic (exact) mass is 276 g/mol. The maximum atomic E-state index is 4.69. The largest absolute Gasteiger partial charge is 0.278 e. The number of aryl methyl sites for hydroxylation is 1. The molecular weight excluding hydrogens is 264 g/mol. The lowest BCUT2D eigenvalue weighted by Gasteiger charge is -2.10. The Morgan fingerprint density at radius 1 is 1.10 bits per heavy atom. The Labute approximate surface area is 121 Å². The molecule has 0 aliphatic carbocycles. The highest BCUT2D eigenvalue weighted by atomic mass is 15.3. The Hall–Kier alpha value is -2.89. The summed E-state index contributed by atoms with van der Waals surface area (Å²) in [5.41, 5.74) is 3.57. The van der Waals surface area contributed by atoms with Crippen LogP contribution in [-0.2, 0) is 6.54 Å². The molecule has 0 bridgehead atoms. The first-order valence-corrected chi connectivity index (χ1v) is 6.66. The summed E-state index contributed by atoms with van der Waals surface area (Å²) in [6.45, 7) is 2.39. The summed E-state index contributed by atoms with van der Waals surface area (Å²) >= 11 is 0. The normalized spacial score (nSPS) is 13.1. The van der Waals surface area contributed by atoms with Crippen LogP contribution in [0.5, 0.6) is 0 Å². The van der Waals surface area contributed by atoms with E-state index in [1.54, 1.807) is 12.5 Å². The molecule has 0 spiro atoms. The van der Waals surface area contributed by atoms with Gasteiger partial charge in [-0.25, -0.2) is 9.97 Å². The van der Waals surface area contributed by atoms with Crippen molar-refractivity contribution in [3.8, 4) is 5.69 Å². The standard InChI is InChI=1S/C15H12N6/c1-10-19-20-13-8-17-14(11-5-3-2-4-6-11)15-12(21(10)13)7-16-9-18-15/h2-7,9H,8H2,1H3. The first kappa shape index (κ1) is 11.9. The molecule has 0 saturated heterocycles. The molecule has 1 aromatic carbocycles. The van der Waals surface area contributed by atoms with Crippen molar-refractivity contribution < 1.29 is 0 Å². The molecule has 21 heavy (non-hydrogen) atoms. The Bertz CT molecular complexity index is 834. The van der Waals surface area contributed by atoms with E-state index in [0.717, 1.165) is 34.3 Å². The van der Waals surface area contributed by atoms with Crippen LogP contribution < -0.4 is 0 Å². The third-order valence-electron chi connectivity index (χ3n) is 3.48. The summed E-state index contributed by atoms with van der Waals surface area (Å²) < 4.78 is 1.97. The minimum absolute atomic E-state index is 0.474. The van der Waals surface area contributed by atoms with Gasteiger partial charge >= 0.3 is 0 Å². The van der Waals surface area contributed by atoms with Crippen molar-refractivity contribution in [2.24, 2.45) is 4.99 Å². The molecule has 0 unspecified atom stereocenters. The number of aliphatic imine (C=N–C) groups is 1. The summed E-state index contributed by atoms with van der Waals surface area (Å²) in [5, 5.41) is 8.32. The van der Waals surface area contributed by atoms with Crippen LogP contribution in [0.1, 0.15) is 22.9 Å². The fraction of sp³-hybridized carbons (Fsp3) is 0.133. The zero-order chi connectivity index (χ0) is 14.2. The number of nitrogens with zero attached hydrogens (tertiary/aromatic N) is 6. The number of hydrogen-bond acceptors (Lipinski definition) is 5. The first-order chi connectivity index (χ1) is 10.3. The third kappa shape index (κ3) is 1.84. The predicted molar refractivity (Wildman–Crippen MR) is 77.5 cm³/mol. The average Bonchev–Trinajstić information content (AvgIpc) is 2.81. The second kappa shape index (κ2) is 4.59. The van der Waals surface area contributed by atoms with Crippen LogP contribution in [0.3, 0.4) is 0 Å². The Morgan fingerprint density at radius 2 is 1.95 bits per heavy atom. The van der Waals surface area contributed by atoms with Crippen LogP contribution >= 0.6 is 0 Å². The van der Waals surface area contributed by atoms with Crippen LogP contribution in [0.4, 0.5) is 0 Å². The lowest BCUT2D eigenvalue weighted by atomic mass is 10.1. The van der Waals surface area contributed by atoms with Gasteiger partial charge in [-0.3, -0.25) is 9.56 Å². The van der Waals surface area contributed by atoms with Crippen LogP contribution in [0, 0.1) is 6.92 Å². The van der Waals surface area contributed by atoms with Gasteiger partial charge in [-0.05, 0) is 6.92 Å². The summed E-state index contributed by atoms with van der Waals surface area (Å²) in [4.78, 5) is 13.3. The molecule has 1 aliphatic heterocycles. The summed E-state index contributed by atoms with van der Waals surface area (Å²) in [6.07, 6.45) is 3.33. The minimum atomic E-state index is 0.474. The molecule has 2 aromatic heterocycles. The van der Waals surface area contributed by atoms with Gasteiger partial charge in [-0.2, -0.15) is 0 Å². The average molecular weight is 276 g/mol. The molecule has 6 nitrogen and oxygen atoms in total. The highest BCUT2D eigenvalue weighted by Gasteiger charge is 2.22. The number of aromatic nitrogens is 5. The number of hydrogen-bond donors (Lipinski definition) is 0. The van der Waals surface area contributed by atoms with Gasteiger partial charge in [-0.1, -0.05) is 30.3 Å². The van der Waals surface area contributed by atoms with Gasteiger partial charge in [0, 0.05) is 5.56 Å². The Balaban J connectivity index is 1.99. The van der Waals surface area contributed by atoms with E-state index in [2.05, 4.69) is 20.2 Å². The minimum Gasteiger partial charge on any atom is -0.278 e. The molecule has 6 heteroatoms. The zero-order valence-electron chi connectivity index (χ0n) is 11.4. The van der Waals surface area contributed by atoms with Gasteiger partial charge in [0.1, 0.15) is 24.4 Å². The molecule has 0 atom stereocenters. The van der Waals surface area contributed by atoms with Gasteiger partial charge in [0.15, 0.2) is 5.82 Å². The smallest absolute Gasteiger partial charge is 0.159 e. The quantitative estimate of drug-likeness (QED) is 0.678. The molecule has 0 saturated carbocycles. The Morgan fingerprint density at radius 3 is 2.81 bits per heavy atom. The second-order valence-corrected chi connectivity index (χ2v) is 4.79. The number of fused-ring (bicyclic) bond motifs is 3. The second-order valence-electron chi connectivity index (χ2n) is 4.79. The van der Waals surface area contributed by atoms with Crippen molar-refractivity contribution in [2.45, 2.75) is 13.5 Å². The van der Waals surface area contributed by atoms with E-state index < -0.39 is 0 Å². The molecule has 0 amide bonds. The fourth-order valence-corrected chi connectivity index (χ4v) is 2.54. The molecule has 102 valence electrons. The molecule has 3 heterocycles. The van der Waals surface area contributed by atoms with E-state index in [4.69, 9.17) is 4.99 Å². The van der Waals surface area contributed by atoms with E-state index in [9.17, 15) is 0 Å². The lowest BCUT2D eigenvalue weighted by Crippen LogP contribution is -2.11. The SMILES string of the molecule is Cc1nnc2n1-c1cncnc1C(c1ccccc1)=NC2. The van der Waals surface area contributed by atoms with E-state index in [1.165, 1.54) is 0 Å². The van der Waals surface area contributed by atoms with E-state index >= 15 is 0 Å². The first-order valence-electron chi connectivity index (χ1n) is 6.66. The zero-order valence-corrected chi connectivity index (χ0v) is 11.4. The third-order valence-corrected chi connectivity index (χ3v) is 3.48. The number of rotatable bonds is 1. The van der Waals surface area contributed by atoms with E-state index in [1.807, 2.05) is 41.8 Å². The summed E-state index contributed by atoms with van der Waals surface area (Å²) in [5.74, 6) is 1.61. The lowest BCUT2D eigenvalue weighted by molar-refractivity contribution is 0.855. The molecule has 1 aliphatic rings. The van der Waals surface area contributed by atoms with E-state index in [-0.39, 0.29) is 0 Å². The van der Waals surface area contributed by atoms with E-state index in [0.29, 0.717) is 6.54 Å². The van der Waals surface area contributed by atoms with Crippen molar-refractivity contribution in [3.63, 3.8) is 0 Å². The van der Waals surface area contributed by atoms with Gasteiger partial charge in [0.25, 0.3) is 0 Å².